The van der Waals surface area contributed by atoms with E-state index in [9.17, 15) is 18.0 Å². The van der Waals surface area contributed by atoms with E-state index in [4.69, 9.17) is 26.2 Å². The maximum atomic E-state index is 12.3. The van der Waals surface area contributed by atoms with Gasteiger partial charge in [0.05, 0.1) is 28.7 Å². The van der Waals surface area contributed by atoms with Gasteiger partial charge in [0.2, 0.25) is 10.0 Å². The first-order valence-electron chi connectivity index (χ1n) is 9.87. The summed E-state index contributed by atoms with van der Waals surface area (Å²) in [5, 5.41) is 7.78. The minimum Gasteiger partial charge on any atom is -0.452 e. The number of morpholine rings is 1. The molecule has 11 heteroatoms. The van der Waals surface area contributed by atoms with Gasteiger partial charge in [-0.15, -0.1) is 0 Å². The van der Waals surface area contributed by atoms with Gasteiger partial charge in [-0.25, -0.2) is 18.4 Å². The van der Waals surface area contributed by atoms with Crippen LogP contribution in [0.1, 0.15) is 21.5 Å². The van der Waals surface area contributed by atoms with Crippen molar-refractivity contribution < 1.29 is 27.5 Å². The molecule has 1 saturated heterocycles. The minimum atomic E-state index is -4.02. The Bertz CT molecular complexity index is 1090. The molecule has 2 aromatic rings. The van der Waals surface area contributed by atoms with Gasteiger partial charge in [0.1, 0.15) is 0 Å². The van der Waals surface area contributed by atoms with Crippen LogP contribution in [0, 0.1) is 0 Å². The van der Waals surface area contributed by atoms with E-state index in [1.165, 1.54) is 12.1 Å². The lowest BCUT2D eigenvalue weighted by atomic mass is 10.1. The summed E-state index contributed by atoms with van der Waals surface area (Å²) in [4.78, 5) is 26.5. The third-order valence-corrected chi connectivity index (χ3v) is 6.15. The average Bonchev–Trinajstić information content (AvgIpc) is 2.77. The summed E-state index contributed by atoms with van der Waals surface area (Å²) in [6.45, 7) is 3.60. The normalized spacial score (nSPS) is 14.7. The molecule has 1 aliphatic rings. The zero-order chi connectivity index (χ0) is 23.1. The molecule has 3 rings (SSSR count). The lowest BCUT2D eigenvalue weighted by Gasteiger charge is -2.27. The second kappa shape index (κ2) is 10.9. The van der Waals surface area contributed by atoms with E-state index < -0.39 is 28.5 Å². The molecular weight excluding hydrogens is 458 g/mol. The van der Waals surface area contributed by atoms with Crippen molar-refractivity contribution in [3.8, 4) is 0 Å². The summed E-state index contributed by atoms with van der Waals surface area (Å²) < 4.78 is 33.3. The van der Waals surface area contributed by atoms with Crippen LogP contribution in [-0.2, 0) is 37.4 Å². The number of nitrogens with one attached hydrogen (secondary N) is 1. The summed E-state index contributed by atoms with van der Waals surface area (Å²) in [5.74, 6) is -1.43. The van der Waals surface area contributed by atoms with Gasteiger partial charge in [-0.3, -0.25) is 9.69 Å². The fourth-order valence-corrected chi connectivity index (χ4v) is 3.91. The zero-order valence-electron chi connectivity index (χ0n) is 17.3. The van der Waals surface area contributed by atoms with Crippen LogP contribution in [0.3, 0.4) is 0 Å². The summed E-state index contributed by atoms with van der Waals surface area (Å²) in [5.41, 5.74) is 1.86. The van der Waals surface area contributed by atoms with Crippen LogP contribution in [0.15, 0.2) is 47.4 Å². The Hall–Kier alpha value is -2.50. The predicted octanol–water partition coefficient (Wildman–Crippen LogP) is 1.29. The molecule has 0 unspecified atom stereocenters. The largest absolute Gasteiger partial charge is 0.452 e. The average molecular weight is 482 g/mol. The smallest absolute Gasteiger partial charge is 0.340 e. The topological polar surface area (TPSA) is 128 Å². The Labute approximate surface area is 191 Å². The molecule has 0 radical (unpaired) electrons. The van der Waals surface area contributed by atoms with Gasteiger partial charge in [0, 0.05) is 26.2 Å². The van der Waals surface area contributed by atoms with Crippen LogP contribution in [0.2, 0.25) is 5.02 Å². The van der Waals surface area contributed by atoms with Gasteiger partial charge in [-0.2, -0.15) is 0 Å². The number of amides is 1. The highest BCUT2D eigenvalue weighted by molar-refractivity contribution is 7.89. The van der Waals surface area contributed by atoms with Gasteiger partial charge in [-0.1, -0.05) is 35.9 Å². The number of hydrogen-bond acceptors (Lipinski definition) is 7. The number of ether oxygens (including phenoxy) is 2. The first kappa shape index (κ1) is 24.1. The number of benzene rings is 2. The quantitative estimate of drug-likeness (QED) is 0.543. The lowest BCUT2D eigenvalue weighted by molar-refractivity contribution is -0.124. The number of primary sulfonamides is 1. The third kappa shape index (κ3) is 6.75. The molecule has 1 fully saturated rings. The SMILES string of the molecule is NS(=O)(=O)c1ccc(Cl)c(C(=O)OCC(=O)NCc2ccccc2CN2CCOCC2)c1. The van der Waals surface area contributed by atoms with Gasteiger partial charge in [-0.05, 0) is 29.3 Å². The number of hydrogen-bond donors (Lipinski definition) is 2. The summed E-state index contributed by atoms with van der Waals surface area (Å²) in [7, 11) is -4.02. The number of esters is 1. The maximum absolute atomic E-state index is 12.3. The van der Waals surface area contributed by atoms with Crippen molar-refractivity contribution in [1.82, 2.24) is 10.2 Å². The molecule has 0 aromatic heterocycles. The van der Waals surface area contributed by atoms with Crippen molar-refractivity contribution in [2.24, 2.45) is 5.14 Å². The van der Waals surface area contributed by atoms with E-state index in [2.05, 4.69) is 10.2 Å². The number of rotatable bonds is 8. The number of carbonyl (C=O) groups is 2. The summed E-state index contributed by atoms with van der Waals surface area (Å²) >= 11 is 5.95. The van der Waals surface area contributed by atoms with Crippen molar-refractivity contribution in [3.05, 3.63) is 64.2 Å². The molecule has 0 bridgehead atoms. The standard InChI is InChI=1S/C21H24ClN3O6S/c22-19-6-5-17(32(23,28)29)11-18(19)21(27)31-14-20(26)24-12-15-3-1-2-4-16(15)13-25-7-9-30-10-8-25/h1-6,11H,7-10,12-14H2,(H,24,26)(H2,23,28,29). The summed E-state index contributed by atoms with van der Waals surface area (Å²) in [6.07, 6.45) is 0. The molecule has 0 saturated carbocycles. The zero-order valence-corrected chi connectivity index (χ0v) is 18.8. The van der Waals surface area contributed by atoms with Crippen molar-refractivity contribution >= 4 is 33.5 Å². The highest BCUT2D eigenvalue weighted by Gasteiger charge is 2.18. The molecule has 172 valence electrons. The van der Waals surface area contributed by atoms with E-state index in [-0.39, 0.29) is 22.0 Å². The summed E-state index contributed by atoms with van der Waals surface area (Å²) in [6, 6.07) is 11.2. The second-order valence-electron chi connectivity index (χ2n) is 7.20. The molecule has 0 atom stereocenters. The Morgan fingerprint density at radius 2 is 1.81 bits per heavy atom. The van der Waals surface area contributed by atoms with Crippen molar-refractivity contribution in [2.75, 3.05) is 32.9 Å². The molecule has 1 amide bonds. The van der Waals surface area contributed by atoms with Crippen LogP contribution in [0.4, 0.5) is 0 Å². The number of sulfonamides is 1. The molecule has 32 heavy (non-hydrogen) atoms. The molecule has 9 nitrogen and oxygen atoms in total. The highest BCUT2D eigenvalue weighted by Crippen LogP contribution is 2.21. The first-order valence-corrected chi connectivity index (χ1v) is 11.8. The van der Waals surface area contributed by atoms with E-state index in [1.807, 2.05) is 24.3 Å². The number of nitrogens with two attached hydrogens (primary N) is 1. The molecular formula is C21H24ClN3O6S. The van der Waals surface area contributed by atoms with Crippen molar-refractivity contribution in [1.29, 1.82) is 0 Å². The van der Waals surface area contributed by atoms with Gasteiger partial charge >= 0.3 is 5.97 Å². The van der Waals surface area contributed by atoms with Crippen LogP contribution < -0.4 is 10.5 Å². The third-order valence-electron chi connectivity index (χ3n) is 4.91. The Balaban J connectivity index is 1.54. The lowest BCUT2D eigenvalue weighted by Crippen LogP contribution is -2.36. The van der Waals surface area contributed by atoms with E-state index >= 15 is 0 Å². The van der Waals surface area contributed by atoms with Gasteiger partial charge in [0.25, 0.3) is 5.91 Å². The Kier molecular flexibility index (Phi) is 8.21. The monoisotopic (exact) mass is 481 g/mol. The fourth-order valence-electron chi connectivity index (χ4n) is 3.18. The Morgan fingerprint density at radius 3 is 2.50 bits per heavy atom. The van der Waals surface area contributed by atoms with Gasteiger partial charge in [0.15, 0.2) is 6.61 Å². The van der Waals surface area contributed by atoms with Crippen molar-refractivity contribution in [2.45, 2.75) is 18.0 Å². The van der Waals surface area contributed by atoms with E-state index in [1.54, 1.807) is 0 Å². The number of nitrogens with zero attached hydrogens (tertiary/aromatic N) is 1. The number of halogens is 1. The minimum absolute atomic E-state index is 0.0140. The van der Waals surface area contributed by atoms with E-state index in [0.717, 1.165) is 36.8 Å². The van der Waals surface area contributed by atoms with Crippen LogP contribution >= 0.6 is 11.6 Å². The molecule has 2 aromatic carbocycles. The molecule has 0 aliphatic carbocycles. The van der Waals surface area contributed by atoms with Crippen LogP contribution in [0.25, 0.3) is 0 Å². The Morgan fingerprint density at radius 1 is 1.12 bits per heavy atom. The van der Waals surface area contributed by atoms with E-state index in [0.29, 0.717) is 13.2 Å². The second-order valence-corrected chi connectivity index (χ2v) is 9.17. The maximum Gasteiger partial charge on any atom is 0.340 e. The number of carbonyl (C=O) groups excluding carboxylic acids is 2. The molecule has 1 heterocycles. The predicted molar refractivity (Wildman–Crippen MR) is 117 cm³/mol. The van der Waals surface area contributed by atoms with Gasteiger partial charge < -0.3 is 14.8 Å². The molecule has 3 N–H and O–H groups in total. The van der Waals surface area contributed by atoms with Crippen molar-refractivity contribution in [3.63, 3.8) is 0 Å². The molecule has 1 aliphatic heterocycles. The van der Waals surface area contributed by atoms with Crippen LogP contribution in [0.5, 0.6) is 0 Å². The highest BCUT2D eigenvalue weighted by atomic mass is 35.5. The first-order chi connectivity index (χ1) is 15.2. The fraction of sp³-hybridized carbons (Fsp3) is 0.333. The van der Waals surface area contributed by atoms with Crippen LogP contribution in [-0.4, -0.2) is 58.1 Å². The molecule has 0 spiro atoms.